The predicted octanol–water partition coefficient (Wildman–Crippen LogP) is 30.1. The van der Waals surface area contributed by atoms with Crippen LogP contribution < -0.4 is 0 Å². The molecule has 0 aromatic rings. The van der Waals surface area contributed by atoms with Crippen LogP contribution in [0.15, 0.2) is 0 Å². The van der Waals surface area contributed by atoms with E-state index in [9.17, 15) is 0 Å². The van der Waals surface area contributed by atoms with Crippen molar-refractivity contribution < 1.29 is 425 Å². The van der Waals surface area contributed by atoms with Gasteiger partial charge >= 0.3 is 0 Å². The second kappa shape index (κ2) is 429. The van der Waals surface area contributed by atoms with Gasteiger partial charge in [-0.2, -0.15) is 132 Å². The standard InChI is InChI=1S/C7H16.7C5H11.6C3H7.13CH3.13Y/c1-4-6-7(3)5-2;7*1-3-5-4-2;6*1-3-2;;;;;;;;;;;;;;;;;;;;;;;;;;/h7H,4-6H2,1-3H3;7*3H,4-5H2,1-2H3;6*1,3H2,2H3;13*1H3;;;;;;;;;;;;;/q;26*-1;;;;;;;;;;;;;. The minimum atomic E-state index is 0. The molecule has 531 valence electrons. The van der Waals surface area contributed by atoms with Gasteiger partial charge in [0.25, 0.3) is 0 Å². The van der Waals surface area contributed by atoms with Gasteiger partial charge in [0.05, 0.1) is 0 Å². The van der Waals surface area contributed by atoms with Crippen molar-refractivity contribution >= 4 is 0 Å². The molecular formula is C73H174Y13-26. The fraction of sp³-hybridized carbons (Fsp3) is 0.644. The second-order valence-corrected chi connectivity index (χ2v) is 13.7. The second-order valence-electron chi connectivity index (χ2n) is 13.7. The summed E-state index contributed by atoms with van der Waals surface area (Å²) < 4.78 is 0. The Morgan fingerprint density at radius 1 is 0.209 bits per heavy atom. The van der Waals surface area contributed by atoms with Crippen LogP contribution >= 0.6 is 0 Å². The van der Waals surface area contributed by atoms with Gasteiger partial charge < -0.3 is 183 Å². The van der Waals surface area contributed by atoms with Crippen LogP contribution in [0, 0.1) is 189 Å². The van der Waals surface area contributed by atoms with Gasteiger partial charge in [-0.3, -0.25) is 0 Å². The van der Waals surface area contributed by atoms with E-state index < -0.39 is 0 Å². The molecule has 0 bridgehead atoms. The van der Waals surface area contributed by atoms with E-state index in [0.717, 1.165) is 44.4 Å². The normalized spacial score (nSPS) is 5.83. The molecule has 0 aromatic heterocycles. The summed E-state index contributed by atoms with van der Waals surface area (Å²) in [7, 11) is 0. The zero-order valence-electron chi connectivity index (χ0n) is 68.6. The van der Waals surface area contributed by atoms with Crippen LogP contribution in [0.5, 0.6) is 0 Å². The molecule has 0 rings (SSSR count). The van der Waals surface area contributed by atoms with E-state index in [2.05, 4.69) is 204 Å². The van der Waals surface area contributed by atoms with Crippen molar-refractivity contribution in [2.24, 2.45) is 5.92 Å². The van der Waals surface area contributed by atoms with Crippen LogP contribution in [0.1, 0.15) is 307 Å². The van der Waals surface area contributed by atoms with Crippen LogP contribution in [0.4, 0.5) is 0 Å². The van der Waals surface area contributed by atoms with Crippen molar-refractivity contribution in [3.05, 3.63) is 183 Å². The molecule has 0 amide bonds. The number of rotatable bonds is 17. The molecule has 0 aromatic carbocycles. The summed E-state index contributed by atoms with van der Waals surface area (Å²) in [4.78, 5) is 0. The summed E-state index contributed by atoms with van der Waals surface area (Å²) in [5.41, 5.74) is 0. The van der Waals surface area contributed by atoms with Crippen molar-refractivity contribution in [3.63, 3.8) is 0 Å². The van der Waals surface area contributed by atoms with Crippen molar-refractivity contribution in [1.82, 2.24) is 0 Å². The zero-order valence-corrected chi connectivity index (χ0v) is 106. The van der Waals surface area contributed by atoms with E-state index in [-0.39, 0.29) is 522 Å². The maximum Gasteiger partial charge on any atom is 0 e. The smallest absolute Gasteiger partial charge is 0 e. The minimum absolute atomic E-state index is 0. The fourth-order valence-corrected chi connectivity index (χ4v) is 2.72. The Morgan fingerprint density at radius 3 is 0.302 bits per heavy atom. The molecule has 0 spiro atoms. The Bertz CT molecular complexity index is 297. The third kappa shape index (κ3) is 838. The van der Waals surface area contributed by atoms with E-state index in [1.54, 1.807) is 0 Å². The summed E-state index contributed by atoms with van der Waals surface area (Å²) in [6.07, 6.45) is 43.2. The van der Waals surface area contributed by atoms with Gasteiger partial charge in [-0.25, -0.2) is 0 Å². The summed E-state index contributed by atoms with van der Waals surface area (Å²) >= 11 is 0. The van der Waals surface area contributed by atoms with Crippen LogP contribution in [0.2, 0.25) is 0 Å². The molecule has 0 N–H and O–H groups in total. The summed E-state index contributed by atoms with van der Waals surface area (Å²) in [5.74, 6) is 0.949. The van der Waals surface area contributed by atoms with Gasteiger partial charge in [-0.05, 0) is 5.92 Å². The van der Waals surface area contributed by atoms with Crippen molar-refractivity contribution in [2.45, 2.75) is 307 Å². The van der Waals surface area contributed by atoms with Crippen LogP contribution in [-0.2, 0) is 425 Å². The molecule has 1 atom stereocenters. The Morgan fingerprint density at radius 2 is 0.291 bits per heavy atom. The first-order valence-corrected chi connectivity index (χ1v) is 25.9. The zero-order chi connectivity index (χ0) is 50.8. The third-order valence-corrected chi connectivity index (χ3v) is 5.52. The average Bonchev–Trinajstić information content (AvgIpc) is 3.21. The number of unbranched alkanes of at least 4 members (excludes halogenated alkanes) is 14. The summed E-state index contributed by atoms with van der Waals surface area (Å²) in [5, 5.41) is 0. The molecule has 86 heavy (non-hydrogen) atoms. The molecule has 0 aliphatic carbocycles. The monoisotopic (exact) mass is 2210 g/mol. The van der Waals surface area contributed by atoms with Gasteiger partial charge in [-0.1, -0.05) is 175 Å². The topological polar surface area (TPSA) is 0 Å². The first-order valence-electron chi connectivity index (χ1n) is 25.9. The molecule has 0 nitrogen and oxygen atoms in total. The van der Waals surface area contributed by atoms with Gasteiger partial charge in [-0.15, -0.1) is 0 Å². The van der Waals surface area contributed by atoms with E-state index >= 15 is 0 Å². The molecule has 0 aliphatic rings. The van der Waals surface area contributed by atoms with E-state index in [0.29, 0.717) is 0 Å². The van der Waals surface area contributed by atoms with Crippen LogP contribution in [0.3, 0.4) is 0 Å². The van der Waals surface area contributed by atoms with Crippen molar-refractivity contribution in [1.29, 1.82) is 0 Å². The summed E-state index contributed by atoms with van der Waals surface area (Å²) in [6.45, 7) is 69.7. The van der Waals surface area contributed by atoms with E-state index in [1.165, 1.54) is 109 Å². The average molecular weight is 2210 g/mol. The third-order valence-electron chi connectivity index (χ3n) is 5.52. The fourth-order valence-electron chi connectivity index (χ4n) is 2.72. The molecule has 13 radical (unpaired) electrons. The van der Waals surface area contributed by atoms with E-state index in [4.69, 9.17) is 0 Å². The molecule has 0 fully saturated rings. The van der Waals surface area contributed by atoms with Crippen molar-refractivity contribution in [2.75, 3.05) is 0 Å². The molecule has 0 saturated heterocycles. The largest absolute Gasteiger partial charge is 0.358 e. The van der Waals surface area contributed by atoms with Gasteiger partial charge in [0.15, 0.2) is 0 Å². The molecule has 13 heteroatoms. The number of hydrogen-bond acceptors (Lipinski definition) is 0. The predicted molar refractivity (Wildman–Crippen MR) is 386 cm³/mol. The van der Waals surface area contributed by atoms with Crippen molar-refractivity contribution in [3.8, 4) is 0 Å². The SMILES string of the molecule is CCCC(C)CC.C[CH-]CCC.C[CH-]CCC.C[CH-]CCC.C[CH-]CCC.C[CH-]CCC.C[CH-]CCC.C[CH-]CCC.[CH2-]CC.[CH2-]CC.[CH2-]CC.[CH2-]CC.[CH2-]CC.[CH2-]CC.[CH3-].[CH3-].[CH3-].[CH3-].[CH3-].[CH3-].[CH3-].[CH3-].[CH3-].[CH3-].[CH3-].[CH3-].[CH3-].[Y].[Y].[Y].[Y].[Y].[Y].[Y].[Y].[Y].[Y].[Y].[Y].[Y]. The molecule has 1 unspecified atom stereocenters. The quantitative estimate of drug-likeness (QED) is 0.127. The molecule has 0 aliphatic heterocycles. The Hall–Kier alpha value is 14.4. The summed E-state index contributed by atoms with van der Waals surface area (Å²) in [6, 6.07) is 0. The van der Waals surface area contributed by atoms with Crippen LogP contribution in [0.25, 0.3) is 0 Å². The van der Waals surface area contributed by atoms with Gasteiger partial charge in [0.1, 0.15) is 0 Å². The van der Waals surface area contributed by atoms with E-state index in [1.807, 2.05) is 41.5 Å². The Kier molecular flexibility index (Phi) is 1360. The molecular weight excluding hydrogens is 2030 g/mol. The van der Waals surface area contributed by atoms with Crippen LogP contribution in [-0.4, -0.2) is 0 Å². The molecule has 0 saturated carbocycles. The van der Waals surface area contributed by atoms with Gasteiger partial charge in [0.2, 0.25) is 0 Å². The maximum atomic E-state index is 3.49. The minimum Gasteiger partial charge on any atom is -0.358 e. The Balaban J connectivity index is -0.00000000685. The maximum absolute atomic E-state index is 3.49. The van der Waals surface area contributed by atoms with Gasteiger partial charge in [0, 0.05) is 425 Å². The molecule has 0 heterocycles. The first kappa shape index (κ1) is 272. The Labute approximate surface area is 901 Å². The number of hydrogen-bond donors (Lipinski definition) is 0. The first-order chi connectivity index (χ1) is 28.7.